The number of aryl methyl sites for hydroxylation is 1. The summed E-state index contributed by atoms with van der Waals surface area (Å²) in [6, 6.07) is 13.9. The van der Waals surface area contributed by atoms with Crippen LogP contribution in [0.1, 0.15) is 24.7 Å². The highest BCUT2D eigenvalue weighted by Crippen LogP contribution is 2.18. The molecular weight excluding hydrogens is 319 g/mol. The molecule has 0 saturated heterocycles. The topological polar surface area (TPSA) is 52.2 Å². The Hall–Kier alpha value is -3.02. The third-order valence-corrected chi connectivity index (χ3v) is 4.20. The van der Waals surface area contributed by atoms with Crippen LogP contribution in [0.5, 0.6) is 0 Å². The fourth-order valence-electron chi connectivity index (χ4n) is 3.08. The van der Waals surface area contributed by atoms with E-state index in [4.69, 9.17) is 0 Å². The minimum Gasteiger partial charge on any atom is -0.287 e. The summed E-state index contributed by atoms with van der Waals surface area (Å²) in [5.41, 5.74) is 1.78. The minimum absolute atomic E-state index is 0.271. The first-order valence-electron chi connectivity index (χ1n) is 8.29. The van der Waals surface area contributed by atoms with Gasteiger partial charge in [0, 0.05) is 11.8 Å². The zero-order valence-electron chi connectivity index (χ0n) is 13.8. The van der Waals surface area contributed by atoms with Crippen LogP contribution in [-0.4, -0.2) is 19.2 Å². The molecule has 0 fully saturated rings. The van der Waals surface area contributed by atoms with E-state index in [0.29, 0.717) is 11.5 Å². The van der Waals surface area contributed by atoms with Gasteiger partial charge < -0.3 is 0 Å². The van der Waals surface area contributed by atoms with Crippen molar-refractivity contribution in [3.05, 3.63) is 76.2 Å². The fraction of sp³-hybridized carbons (Fsp3) is 0.211. The molecule has 6 heteroatoms. The van der Waals surface area contributed by atoms with E-state index >= 15 is 0 Å². The van der Waals surface area contributed by atoms with Crippen LogP contribution >= 0.6 is 0 Å². The Morgan fingerprint density at radius 3 is 2.76 bits per heavy atom. The predicted molar refractivity (Wildman–Crippen MR) is 94.3 cm³/mol. The minimum atomic E-state index is -0.318. The van der Waals surface area contributed by atoms with E-state index in [1.165, 1.54) is 16.6 Å². The van der Waals surface area contributed by atoms with Crippen LogP contribution in [0.4, 0.5) is 4.39 Å². The lowest BCUT2D eigenvalue weighted by atomic mass is 10.2. The second-order valence-electron chi connectivity index (χ2n) is 6.03. The maximum absolute atomic E-state index is 13.5. The molecule has 0 saturated carbocycles. The van der Waals surface area contributed by atoms with Gasteiger partial charge in [0.1, 0.15) is 5.82 Å². The highest BCUT2D eigenvalue weighted by Gasteiger charge is 2.14. The molecule has 0 aliphatic rings. The van der Waals surface area contributed by atoms with Gasteiger partial charge in [-0.15, -0.1) is 5.10 Å². The summed E-state index contributed by atoms with van der Waals surface area (Å²) in [7, 11) is 0. The average molecular weight is 336 g/mol. The summed E-state index contributed by atoms with van der Waals surface area (Å²) in [6.45, 7) is 2.32. The Morgan fingerprint density at radius 1 is 1.12 bits per heavy atom. The third kappa shape index (κ3) is 2.69. The Kier molecular flexibility index (Phi) is 3.80. The number of benzene rings is 2. The average Bonchev–Trinajstić information content (AvgIpc) is 3.03. The van der Waals surface area contributed by atoms with Crippen LogP contribution in [-0.2, 0) is 13.0 Å². The van der Waals surface area contributed by atoms with Gasteiger partial charge in [0.05, 0.1) is 12.1 Å². The number of para-hydroxylation sites is 1. The van der Waals surface area contributed by atoms with Gasteiger partial charge in [-0.3, -0.25) is 4.57 Å². The quantitative estimate of drug-likeness (QED) is 0.575. The summed E-state index contributed by atoms with van der Waals surface area (Å²) in [5, 5.41) is 5.23. The van der Waals surface area contributed by atoms with Crippen molar-refractivity contribution in [3.8, 4) is 0 Å². The van der Waals surface area contributed by atoms with Crippen LogP contribution in [0.25, 0.3) is 16.6 Å². The van der Waals surface area contributed by atoms with Crippen LogP contribution in [0.15, 0.2) is 53.3 Å². The number of aromatic nitrogens is 4. The lowest BCUT2D eigenvalue weighted by molar-refractivity contribution is 0.622. The van der Waals surface area contributed by atoms with Gasteiger partial charge in [-0.1, -0.05) is 31.2 Å². The van der Waals surface area contributed by atoms with E-state index in [-0.39, 0.29) is 18.1 Å². The molecule has 0 amide bonds. The summed E-state index contributed by atoms with van der Waals surface area (Å²) in [5.74, 6) is 0.343. The molecule has 5 nitrogen and oxygen atoms in total. The summed E-state index contributed by atoms with van der Waals surface area (Å²) in [4.78, 5) is 17.5. The number of fused-ring (bicyclic) bond motifs is 3. The number of hydrogen-bond acceptors (Lipinski definition) is 3. The number of nitrogens with zero attached hydrogens (tertiary/aromatic N) is 4. The van der Waals surface area contributed by atoms with Gasteiger partial charge in [0.2, 0.25) is 0 Å². The second kappa shape index (κ2) is 6.12. The van der Waals surface area contributed by atoms with Crippen molar-refractivity contribution in [1.82, 2.24) is 19.2 Å². The molecule has 4 rings (SSSR count). The first-order chi connectivity index (χ1) is 12.2. The lowest BCUT2D eigenvalue weighted by Gasteiger charge is -2.11. The molecule has 2 aromatic carbocycles. The Bertz CT molecular complexity index is 1130. The van der Waals surface area contributed by atoms with Crippen molar-refractivity contribution < 1.29 is 4.39 Å². The SMILES string of the molecule is CCCc1nc2c3ccccc3n(Cc3cccc(F)c3)c(=O)n2n1. The molecular formula is C19H17FN4O. The van der Waals surface area contributed by atoms with E-state index < -0.39 is 0 Å². The molecule has 25 heavy (non-hydrogen) atoms. The Labute approximate surface area is 143 Å². The first kappa shape index (κ1) is 15.5. The van der Waals surface area contributed by atoms with Crippen molar-refractivity contribution in [2.75, 3.05) is 0 Å². The molecule has 0 N–H and O–H groups in total. The molecule has 0 aliphatic carbocycles. The van der Waals surface area contributed by atoms with Crippen LogP contribution in [0, 0.1) is 5.82 Å². The van der Waals surface area contributed by atoms with Gasteiger partial charge in [0.25, 0.3) is 0 Å². The number of hydrogen-bond donors (Lipinski definition) is 0. The van der Waals surface area contributed by atoms with Gasteiger partial charge in [0.15, 0.2) is 11.5 Å². The largest absolute Gasteiger partial charge is 0.351 e. The lowest BCUT2D eigenvalue weighted by Crippen LogP contribution is -2.28. The zero-order chi connectivity index (χ0) is 17.4. The van der Waals surface area contributed by atoms with Gasteiger partial charge in [-0.05, 0) is 36.2 Å². The molecule has 0 atom stereocenters. The molecule has 2 heterocycles. The van der Waals surface area contributed by atoms with E-state index in [1.807, 2.05) is 31.2 Å². The predicted octanol–water partition coefficient (Wildman–Crippen LogP) is 3.18. The zero-order valence-corrected chi connectivity index (χ0v) is 13.8. The maximum Gasteiger partial charge on any atom is 0.351 e. The number of halogens is 1. The molecule has 0 bridgehead atoms. The molecule has 4 aromatic rings. The molecule has 0 aliphatic heterocycles. The first-order valence-corrected chi connectivity index (χ1v) is 8.29. The fourth-order valence-corrected chi connectivity index (χ4v) is 3.08. The van der Waals surface area contributed by atoms with Gasteiger partial charge in [-0.25, -0.2) is 14.2 Å². The van der Waals surface area contributed by atoms with E-state index in [9.17, 15) is 9.18 Å². The van der Waals surface area contributed by atoms with Crippen LogP contribution in [0.2, 0.25) is 0 Å². The monoisotopic (exact) mass is 336 g/mol. The second-order valence-corrected chi connectivity index (χ2v) is 6.03. The standard InChI is InChI=1S/C19H17FN4O/c1-2-6-17-21-18-15-9-3-4-10-16(15)23(19(25)24(18)22-17)12-13-7-5-8-14(20)11-13/h3-5,7-11H,2,6,12H2,1H3. The van der Waals surface area contributed by atoms with Crippen LogP contribution in [0.3, 0.4) is 0 Å². The third-order valence-electron chi connectivity index (χ3n) is 4.20. The summed E-state index contributed by atoms with van der Waals surface area (Å²) < 4.78 is 16.5. The van der Waals surface area contributed by atoms with E-state index in [1.54, 1.807) is 16.7 Å². The Balaban J connectivity index is 1.98. The summed E-state index contributed by atoms with van der Waals surface area (Å²) in [6.07, 6.45) is 1.63. The molecule has 126 valence electrons. The summed E-state index contributed by atoms with van der Waals surface area (Å²) >= 11 is 0. The van der Waals surface area contributed by atoms with Crippen molar-refractivity contribution in [1.29, 1.82) is 0 Å². The molecule has 0 spiro atoms. The smallest absolute Gasteiger partial charge is 0.287 e. The van der Waals surface area contributed by atoms with Crippen molar-refractivity contribution in [2.45, 2.75) is 26.3 Å². The van der Waals surface area contributed by atoms with E-state index in [0.717, 1.165) is 29.3 Å². The Morgan fingerprint density at radius 2 is 1.96 bits per heavy atom. The number of rotatable bonds is 4. The normalized spacial score (nSPS) is 11.4. The van der Waals surface area contributed by atoms with Crippen molar-refractivity contribution in [2.24, 2.45) is 0 Å². The molecule has 0 radical (unpaired) electrons. The molecule has 2 aromatic heterocycles. The van der Waals surface area contributed by atoms with Crippen molar-refractivity contribution >= 4 is 16.6 Å². The van der Waals surface area contributed by atoms with Gasteiger partial charge >= 0.3 is 5.69 Å². The van der Waals surface area contributed by atoms with E-state index in [2.05, 4.69) is 10.1 Å². The highest BCUT2D eigenvalue weighted by molar-refractivity contribution is 5.91. The highest BCUT2D eigenvalue weighted by atomic mass is 19.1. The maximum atomic E-state index is 13.5. The molecule has 0 unspecified atom stereocenters. The van der Waals surface area contributed by atoms with Crippen molar-refractivity contribution in [3.63, 3.8) is 0 Å². The van der Waals surface area contributed by atoms with Gasteiger partial charge in [-0.2, -0.15) is 4.52 Å². The van der Waals surface area contributed by atoms with Crippen LogP contribution < -0.4 is 5.69 Å².